The molecule has 0 saturated heterocycles. The van der Waals surface area contributed by atoms with Gasteiger partial charge in [0.05, 0.1) is 0 Å². The molecule has 0 saturated carbocycles. The Morgan fingerprint density at radius 3 is 2.68 bits per heavy atom. The zero-order valence-electron chi connectivity index (χ0n) is 13.6. The molecule has 2 N–H and O–H groups in total. The Hall–Kier alpha value is -3.29. The number of aromatic amines is 1. The van der Waals surface area contributed by atoms with Gasteiger partial charge in [-0.3, -0.25) is 9.59 Å². The third-order valence-corrected chi connectivity index (χ3v) is 3.60. The highest BCUT2D eigenvalue weighted by Gasteiger charge is 2.21. The van der Waals surface area contributed by atoms with E-state index >= 15 is 0 Å². The molecule has 25 heavy (non-hydrogen) atoms. The molecule has 8 nitrogen and oxygen atoms in total. The molecule has 0 spiro atoms. The number of Topliss-reactive ketones (excluding diaryl/α,β-unsaturated/α-hetero) is 1. The molecule has 1 aromatic heterocycles. The van der Waals surface area contributed by atoms with Crippen LogP contribution in [0.3, 0.4) is 0 Å². The fourth-order valence-corrected chi connectivity index (χ4v) is 2.21. The van der Waals surface area contributed by atoms with Crippen molar-refractivity contribution < 1.29 is 28.6 Å². The average molecular weight is 344 g/mol. The molecule has 0 aliphatic carbocycles. The van der Waals surface area contributed by atoms with Crippen LogP contribution in [-0.4, -0.2) is 35.5 Å². The Bertz CT molecular complexity index is 841. The van der Waals surface area contributed by atoms with Crippen molar-refractivity contribution in [1.29, 1.82) is 0 Å². The summed E-state index contributed by atoms with van der Waals surface area (Å²) in [7, 11) is 0. The maximum atomic E-state index is 12.2. The van der Waals surface area contributed by atoms with Gasteiger partial charge < -0.3 is 24.5 Å². The standard InChI is InChI=1S/C17H16N2O6/c1-9(20)11-5-13(18-7-11)17(22)25-10(2)16(21)19-12-3-4-14-15(6-12)24-8-23-14/h3-7,10,18H,8H2,1-2H3,(H,19,21)/t10-/m0/s1. The normalized spacial score (nSPS) is 13.2. The molecule has 0 radical (unpaired) electrons. The van der Waals surface area contributed by atoms with Gasteiger partial charge in [-0.15, -0.1) is 0 Å². The van der Waals surface area contributed by atoms with Gasteiger partial charge in [0, 0.05) is 23.5 Å². The molecule has 1 aliphatic rings. The number of fused-ring (bicyclic) bond motifs is 1. The molecular formula is C17H16N2O6. The van der Waals surface area contributed by atoms with E-state index in [9.17, 15) is 14.4 Å². The van der Waals surface area contributed by atoms with Crippen LogP contribution >= 0.6 is 0 Å². The predicted molar refractivity (Wildman–Crippen MR) is 86.9 cm³/mol. The summed E-state index contributed by atoms with van der Waals surface area (Å²) in [5.41, 5.74) is 0.966. The molecule has 1 amide bonds. The lowest BCUT2D eigenvalue weighted by molar-refractivity contribution is -0.123. The van der Waals surface area contributed by atoms with E-state index in [1.807, 2.05) is 0 Å². The number of carbonyl (C=O) groups is 3. The highest BCUT2D eigenvalue weighted by atomic mass is 16.7. The first-order chi connectivity index (χ1) is 11.9. The smallest absolute Gasteiger partial charge is 0.355 e. The second-order valence-electron chi connectivity index (χ2n) is 5.46. The number of amides is 1. The quantitative estimate of drug-likeness (QED) is 0.636. The summed E-state index contributed by atoms with van der Waals surface area (Å²) in [5.74, 6) is -0.258. The number of esters is 1. The van der Waals surface area contributed by atoms with E-state index in [1.165, 1.54) is 26.1 Å². The van der Waals surface area contributed by atoms with Crippen molar-refractivity contribution in [1.82, 2.24) is 4.98 Å². The molecule has 2 heterocycles. The lowest BCUT2D eigenvalue weighted by Gasteiger charge is -2.13. The highest BCUT2D eigenvalue weighted by Crippen LogP contribution is 2.34. The van der Waals surface area contributed by atoms with Crippen LogP contribution in [0.5, 0.6) is 11.5 Å². The molecule has 0 fully saturated rings. The van der Waals surface area contributed by atoms with Crippen LogP contribution in [0.1, 0.15) is 34.7 Å². The Morgan fingerprint density at radius 1 is 1.20 bits per heavy atom. The van der Waals surface area contributed by atoms with Gasteiger partial charge in [-0.1, -0.05) is 0 Å². The van der Waals surface area contributed by atoms with Crippen molar-refractivity contribution in [3.63, 3.8) is 0 Å². The Kier molecular flexibility index (Phi) is 4.42. The third-order valence-electron chi connectivity index (χ3n) is 3.60. The number of aromatic nitrogens is 1. The van der Waals surface area contributed by atoms with Crippen molar-refractivity contribution in [2.75, 3.05) is 12.1 Å². The van der Waals surface area contributed by atoms with Gasteiger partial charge in [0.25, 0.3) is 5.91 Å². The van der Waals surface area contributed by atoms with Gasteiger partial charge in [0.15, 0.2) is 23.4 Å². The van der Waals surface area contributed by atoms with E-state index in [-0.39, 0.29) is 18.3 Å². The van der Waals surface area contributed by atoms with Crippen LogP contribution in [0, 0.1) is 0 Å². The van der Waals surface area contributed by atoms with Gasteiger partial charge in [-0.2, -0.15) is 0 Å². The first kappa shape index (κ1) is 16.6. The van der Waals surface area contributed by atoms with Crippen LogP contribution < -0.4 is 14.8 Å². The molecule has 1 aliphatic heterocycles. The number of carbonyl (C=O) groups excluding carboxylic acids is 3. The maximum Gasteiger partial charge on any atom is 0.355 e. The Labute approximate surface area is 143 Å². The average Bonchev–Trinajstić information content (AvgIpc) is 3.23. The van der Waals surface area contributed by atoms with Crippen molar-refractivity contribution in [2.24, 2.45) is 0 Å². The van der Waals surface area contributed by atoms with E-state index in [4.69, 9.17) is 14.2 Å². The fraction of sp³-hybridized carbons (Fsp3) is 0.235. The van der Waals surface area contributed by atoms with Crippen LogP contribution in [0.2, 0.25) is 0 Å². The summed E-state index contributed by atoms with van der Waals surface area (Å²) < 4.78 is 15.5. The van der Waals surface area contributed by atoms with E-state index in [1.54, 1.807) is 18.2 Å². The van der Waals surface area contributed by atoms with Crippen molar-refractivity contribution in [3.8, 4) is 11.5 Å². The molecule has 3 rings (SSSR count). The van der Waals surface area contributed by atoms with E-state index in [0.29, 0.717) is 22.7 Å². The lowest BCUT2D eigenvalue weighted by atomic mass is 10.2. The Balaban J connectivity index is 1.60. The summed E-state index contributed by atoms with van der Waals surface area (Å²) in [6.07, 6.45) is 0.387. The van der Waals surface area contributed by atoms with Gasteiger partial charge in [0.2, 0.25) is 6.79 Å². The van der Waals surface area contributed by atoms with Crippen molar-refractivity contribution in [3.05, 3.63) is 41.7 Å². The number of nitrogens with one attached hydrogen (secondary N) is 2. The van der Waals surface area contributed by atoms with Gasteiger partial charge in [-0.05, 0) is 32.0 Å². The van der Waals surface area contributed by atoms with E-state index < -0.39 is 18.0 Å². The first-order valence-corrected chi connectivity index (χ1v) is 7.55. The number of ketones is 1. The second kappa shape index (κ2) is 6.68. The molecule has 0 bridgehead atoms. The van der Waals surface area contributed by atoms with E-state index in [2.05, 4.69) is 10.3 Å². The van der Waals surface area contributed by atoms with Crippen LogP contribution in [-0.2, 0) is 9.53 Å². The van der Waals surface area contributed by atoms with E-state index in [0.717, 1.165) is 0 Å². The van der Waals surface area contributed by atoms with Crippen molar-refractivity contribution in [2.45, 2.75) is 20.0 Å². The van der Waals surface area contributed by atoms with Crippen LogP contribution in [0.25, 0.3) is 0 Å². The second-order valence-corrected chi connectivity index (χ2v) is 5.46. The largest absolute Gasteiger partial charge is 0.454 e. The molecule has 8 heteroatoms. The number of benzene rings is 1. The monoisotopic (exact) mass is 344 g/mol. The molecule has 1 atom stereocenters. The van der Waals surface area contributed by atoms with Gasteiger partial charge in [-0.25, -0.2) is 4.79 Å². The number of rotatable bonds is 5. The van der Waals surface area contributed by atoms with Gasteiger partial charge in [0.1, 0.15) is 5.69 Å². The Morgan fingerprint density at radius 2 is 1.96 bits per heavy atom. The van der Waals surface area contributed by atoms with Crippen LogP contribution in [0.4, 0.5) is 5.69 Å². The minimum absolute atomic E-state index is 0.105. The molecular weight excluding hydrogens is 328 g/mol. The fourth-order valence-electron chi connectivity index (χ4n) is 2.21. The highest BCUT2D eigenvalue weighted by molar-refractivity contribution is 5.99. The molecule has 0 unspecified atom stereocenters. The number of H-pyrrole nitrogens is 1. The summed E-state index contributed by atoms with van der Waals surface area (Å²) in [4.78, 5) is 38.1. The van der Waals surface area contributed by atoms with Gasteiger partial charge >= 0.3 is 5.97 Å². The van der Waals surface area contributed by atoms with Crippen LogP contribution in [0.15, 0.2) is 30.5 Å². The van der Waals surface area contributed by atoms with Crippen molar-refractivity contribution >= 4 is 23.3 Å². The molecule has 1 aromatic carbocycles. The summed E-state index contributed by atoms with van der Waals surface area (Å²) in [6.45, 7) is 2.98. The topological polar surface area (TPSA) is 107 Å². The summed E-state index contributed by atoms with van der Waals surface area (Å²) in [6, 6.07) is 6.34. The third kappa shape index (κ3) is 3.63. The zero-order valence-corrected chi connectivity index (χ0v) is 13.6. The zero-order chi connectivity index (χ0) is 18.0. The number of hydrogen-bond donors (Lipinski definition) is 2. The minimum atomic E-state index is -1.03. The number of anilines is 1. The lowest BCUT2D eigenvalue weighted by Crippen LogP contribution is -2.30. The minimum Gasteiger partial charge on any atom is -0.454 e. The molecule has 2 aromatic rings. The number of hydrogen-bond acceptors (Lipinski definition) is 6. The maximum absolute atomic E-state index is 12.2. The summed E-state index contributed by atoms with van der Waals surface area (Å²) in [5, 5.41) is 2.64. The molecule has 130 valence electrons. The number of ether oxygens (including phenoxy) is 3. The predicted octanol–water partition coefficient (Wildman–Crippen LogP) is 2.13. The first-order valence-electron chi connectivity index (χ1n) is 7.55. The SMILES string of the molecule is CC(=O)c1c[nH]c(C(=O)O[C@@H](C)C(=O)Nc2ccc3c(c2)OCO3)c1. The summed E-state index contributed by atoms with van der Waals surface area (Å²) >= 11 is 0.